The lowest BCUT2D eigenvalue weighted by atomic mass is 9.86. The molecule has 1 amide bonds. The van der Waals surface area contributed by atoms with Crippen LogP contribution in [0.4, 0.5) is 0 Å². The van der Waals surface area contributed by atoms with Crippen LogP contribution in [0.1, 0.15) is 64.7 Å². The van der Waals surface area contributed by atoms with Gasteiger partial charge in [-0.05, 0) is 51.0 Å². The molecule has 0 aromatic heterocycles. The third-order valence-corrected chi connectivity index (χ3v) is 5.51. The van der Waals surface area contributed by atoms with Crippen LogP contribution in [0.3, 0.4) is 0 Å². The van der Waals surface area contributed by atoms with Gasteiger partial charge in [0.1, 0.15) is 0 Å². The summed E-state index contributed by atoms with van der Waals surface area (Å²) in [7, 11) is 0. The molecule has 2 aliphatic rings. The predicted octanol–water partition coefficient (Wildman–Crippen LogP) is 2.62. The van der Waals surface area contributed by atoms with Gasteiger partial charge in [0, 0.05) is 38.6 Å². The van der Waals surface area contributed by atoms with Crippen LogP contribution in [0.2, 0.25) is 0 Å². The van der Waals surface area contributed by atoms with Crippen LogP contribution in [0.25, 0.3) is 0 Å². The maximum Gasteiger partial charge on any atom is 0.222 e. The molecule has 1 aliphatic carbocycles. The molecule has 0 aromatic carbocycles. The lowest BCUT2D eigenvalue weighted by Crippen LogP contribution is -2.52. The van der Waals surface area contributed by atoms with Gasteiger partial charge < -0.3 is 10.6 Å². The van der Waals surface area contributed by atoms with E-state index in [0.717, 1.165) is 76.8 Å². The second-order valence-corrected chi connectivity index (χ2v) is 7.28. The van der Waals surface area contributed by atoms with Crippen molar-refractivity contribution in [2.45, 2.75) is 70.8 Å². The van der Waals surface area contributed by atoms with Gasteiger partial charge in [-0.2, -0.15) is 0 Å². The van der Waals surface area contributed by atoms with E-state index in [-0.39, 0.29) is 0 Å². The van der Waals surface area contributed by atoms with Gasteiger partial charge in [0.2, 0.25) is 5.91 Å². The summed E-state index contributed by atoms with van der Waals surface area (Å²) in [6.07, 6.45) is 10.6. The Hall–Kier alpha value is -0.610. The molecule has 1 saturated heterocycles. The number of rotatable bonds is 7. The molecule has 2 fully saturated rings. The van der Waals surface area contributed by atoms with Gasteiger partial charge in [0.05, 0.1) is 0 Å². The Morgan fingerprint density at radius 3 is 2.23 bits per heavy atom. The molecule has 0 unspecified atom stereocenters. The Bertz CT molecular complexity index is 318. The number of nitrogens with zero attached hydrogens (tertiary/aromatic N) is 2. The molecule has 0 bridgehead atoms. The van der Waals surface area contributed by atoms with Gasteiger partial charge in [0.25, 0.3) is 0 Å². The zero-order chi connectivity index (χ0) is 15.8. The van der Waals surface area contributed by atoms with Crippen molar-refractivity contribution < 1.29 is 4.79 Å². The molecule has 0 atom stereocenters. The van der Waals surface area contributed by atoms with Crippen LogP contribution in [0.5, 0.6) is 0 Å². The molecule has 0 radical (unpaired) electrons. The Morgan fingerprint density at radius 2 is 1.59 bits per heavy atom. The van der Waals surface area contributed by atoms with Crippen molar-refractivity contribution in [2.75, 3.05) is 32.7 Å². The van der Waals surface area contributed by atoms with E-state index in [2.05, 4.69) is 16.7 Å². The summed E-state index contributed by atoms with van der Waals surface area (Å²) in [6, 6.07) is 0.782. The van der Waals surface area contributed by atoms with Crippen molar-refractivity contribution in [1.29, 1.82) is 0 Å². The van der Waals surface area contributed by atoms with Crippen molar-refractivity contribution in [3.05, 3.63) is 0 Å². The summed E-state index contributed by atoms with van der Waals surface area (Å²) >= 11 is 0. The highest BCUT2D eigenvalue weighted by Crippen LogP contribution is 2.27. The largest absolute Gasteiger partial charge is 0.340 e. The molecule has 0 aromatic rings. The van der Waals surface area contributed by atoms with Crippen LogP contribution < -0.4 is 5.73 Å². The van der Waals surface area contributed by atoms with Crippen molar-refractivity contribution >= 4 is 5.91 Å². The highest BCUT2D eigenvalue weighted by atomic mass is 16.2. The van der Waals surface area contributed by atoms with Gasteiger partial charge in [-0.25, -0.2) is 0 Å². The predicted molar refractivity (Wildman–Crippen MR) is 91.7 cm³/mol. The van der Waals surface area contributed by atoms with Crippen molar-refractivity contribution in [3.63, 3.8) is 0 Å². The first-order chi connectivity index (χ1) is 10.7. The van der Waals surface area contributed by atoms with E-state index in [0.29, 0.717) is 5.91 Å². The molecule has 128 valence electrons. The fourth-order valence-corrected chi connectivity index (χ4v) is 3.88. The van der Waals surface area contributed by atoms with Crippen molar-refractivity contribution in [2.24, 2.45) is 11.7 Å². The standard InChI is InChI=1S/C18H35N3O/c1-16-7-9-17(10-8-16)20-12-14-21(15-13-20)18(22)6-4-2-3-5-11-19/h16-17H,2-15,19H2,1H3. The van der Waals surface area contributed by atoms with Gasteiger partial charge in [-0.1, -0.05) is 19.8 Å². The summed E-state index contributed by atoms with van der Waals surface area (Å²) in [4.78, 5) is 17.0. The van der Waals surface area contributed by atoms with Crippen LogP contribution in [-0.2, 0) is 4.79 Å². The molecular formula is C18H35N3O. The number of piperazine rings is 1. The van der Waals surface area contributed by atoms with Crippen LogP contribution in [0, 0.1) is 5.92 Å². The number of hydrogen-bond donors (Lipinski definition) is 1. The fourth-order valence-electron chi connectivity index (χ4n) is 3.88. The Kier molecular flexibility index (Phi) is 7.67. The highest BCUT2D eigenvalue weighted by molar-refractivity contribution is 5.76. The molecule has 1 aliphatic heterocycles. The monoisotopic (exact) mass is 309 g/mol. The average molecular weight is 309 g/mol. The van der Waals surface area contributed by atoms with E-state index in [1.54, 1.807) is 0 Å². The zero-order valence-corrected chi connectivity index (χ0v) is 14.4. The van der Waals surface area contributed by atoms with E-state index in [1.165, 1.54) is 25.7 Å². The second kappa shape index (κ2) is 9.51. The minimum absolute atomic E-state index is 0.365. The lowest BCUT2D eigenvalue weighted by molar-refractivity contribution is -0.133. The number of unbranched alkanes of at least 4 members (excludes halogenated alkanes) is 3. The Morgan fingerprint density at radius 1 is 0.955 bits per heavy atom. The average Bonchev–Trinajstić information content (AvgIpc) is 2.55. The third kappa shape index (κ3) is 5.54. The first-order valence-electron chi connectivity index (χ1n) is 9.42. The summed E-state index contributed by atoms with van der Waals surface area (Å²) in [5.74, 6) is 1.28. The first-order valence-corrected chi connectivity index (χ1v) is 9.42. The first kappa shape index (κ1) is 17.7. The summed E-state index contributed by atoms with van der Waals surface area (Å²) in [5.41, 5.74) is 5.49. The minimum Gasteiger partial charge on any atom is -0.340 e. The smallest absolute Gasteiger partial charge is 0.222 e. The quantitative estimate of drug-likeness (QED) is 0.736. The van der Waals surface area contributed by atoms with Gasteiger partial charge in [-0.3, -0.25) is 9.69 Å². The van der Waals surface area contributed by atoms with E-state index >= 15 is 0 Å². The number of hydrogen-bond acceptors (Lipinski definition) is 3. The topological polar surface area (TPSA) is 49.6 Å². The third-order valence-electron chi connectivity index (χ3n) is 5.51. The number of carbonyl (C=O) groups is 1. The normalized spacial score (nSPS) is 27.1. The SMILES string of the molecule is CC1CCC(N2CCN(C(=O)CCCCCCN)CC2)CC1. The number of nitrogens with two attached hydrogens (primary N) is 1. The van der Waals surface area contributed by atoms with Crippen molar-refractivity contribution in [1.82, 2.24) is 9.80 Å². The minimum atomic E-state index is 0.365. The molecule has 2 N–H and O–H groups in total. The van der Waals surface area contributed by atoms with Gasteiger partial charge in [0.15, 0.2) is 0 Å². The highest BCUT2D eigenvalue weighted by Gasteiger charge is 2.28. The van der Waals surface area contributed by atoms with Crippen LogP contribution in [0.15, 0.2) is 0 Å². The molecule has 1 heterocycles. The summed E-state index contributed by atoms with van der Waals surface area (Å²) in [5, 5.41) is 0. The fraction of sp³-hybridized carbons (Fsp3) is 0.944. The summed E-state index contributed by atoms with van der Waals surface area (Å²) < 4.78 is 0. The summed E-state index contributed by atoms with van der Waals surface area (Å²) in [6.45, 7) is 7.19. The van der Waals surface area contributed by atoms with E-state index in [4.69, 9.17) is 5.73 Å². The van der Waals surface area contributed by atoms with E-state index in [9.17, 15) is 4.79 Å². The maximum atomic E-state index is 12.2. The zero-order valence-electron chi connectivity index (χ0n) is 14.4. The molecular weight excluding hydrogens is 274 g/mol. The molecule has 2 rings (SSSR count). The Labute approximate surface area is 136 Å². The molecule has 1 saturated carbocycles. The lowest BCUT2D eigenvalue weighted by Gasteiger charge is -2.41. The van der Waals surface area contributed by atoms with Crippen LogP contribution in [-0.4, -0.2) is 54.5 Å². The van der Waals surface area contributed by atoms with Crippen molar-refractivity contribution in [3.8, 4) is 0 Å². The molecule has 4 nitrogen and oxygen atoms in total. The number of amides is 1. The molecule has 22 heavy (non-hydrogen) atoms. The van der Waals surface area contributed by atoms with Gasteiger partial charge >= 0.3 is 0 Å². The Balaban J connectivity index is 1.61. The maximum absolute atomic E-state index is 12.2. The van der Waals surface area contributed by atoms with E-state index < -0.39 is 0 Å². The van der Waals surface area contributed by atoms with Crippen LogP contribution >= 0.6 is 0 Å². The number of carbonyl (C=O) groups excluding carboxylic acids is 1. The van der Waals surface area contributed by atoms with Gasteiger partial charge in [-0.15, -0.1) is 0 Å². The second-order valence-electron chi connectivity index (χ2n) is 7.28. The van der Waals surface area contributed by atoms with E-state index in [1.807, 2.05) is 0 Å². The molecule has 0 spiro atoms. The molecule has 4 heteroatoms.